The molecule has 0 saturated carbocycles. The Kier molecular flexibility index (Phi) is 3.89. The van der Waals surface area contributed by atoms with Crippen LogP contribution in [0.4, 0.5) is 10.1 Å². The van der Waals surface area contributed by atoms with E-state index in [1.807, 2.05) is 0 Å². The number of hydrogen-bond donors (Lipinski definition) is 1. The van der Waals surface area contributed by atoms with Crippen LogP contribution in [0.3, 0.4) is 0 Å². The van der Waals surface area contributed by atoms with Gasteiger partial charge in [0.1, 0.15) is 0 Å². The Morgan fingerprint density at radius 1 is 1.19 bits per heavy atom. The average Bonchev–Trinajstić information content (AvgIpc) is 3.02. The molecule has 0 aliphatic carbocycles. The number of anilines is 1. The summed E-state index contributed by atoms with van der Waals surface area (Å²) in [6, 6.07) is 9.91. The number of hydrogen-bond acceptors (Lipinski definition) is 4. The molecule has 1 fully saturated rings. The Morgan fingerprint density at radius 2 is 1.90 bits per heavy atom. The topological polar surface area (TPSA) is 60.5 Å². The van der Waals surface area contributed by atoms with Crippen molar-refractivity contribution in [2.24, 2.45) is 0 Å². The number of ether oxygens (including phenoxy) is 2. The molecule has 5 nitrogen and oxygen atoms in total. The first-order valence-electron chi connectivity index (χ1n) is 6.49. The van der Waals surface area contributed by atoms with E-state index >= 15 is 0 Å². The number of rotatable bonds is 3. The summed E-state index contributed by atoms with van der Waals surface area (Å²) in [7, 11) is 0. The van der Waals surface area contributed by atoms with Gasteiger partial charge in [0.15, 0.2) is 6.29 Å². The SMILES string of the molecule is O=C(Nc1ccc(C2OCCO2)cc1)c1cccnc1F. The third-order valence-electron chi connectivity index (χ3n) is 3.07. The minimum atomic E-state index is -0.792. The Hall–Kier alpha value is -2.31. The van der Waals surface area contributed by atoms with E-state index in [0.29, 0.717) is 18.9 Å². The highest BCUT2D eigenvalue weighted by atomic mass is 19.1. The van der Waals surface area contributed by atoms with E-state index in [-0.39, 0.29) is 11.9 Å². The van der Waals surface area contributed by atoms with Crippen LogP contribution in [0, 0.1) is 5.95 Å². The molecule has 2 aromatic rings. The fraction of sp³-hybridized carbons (Fsp3) is 0.200. The van der Waals surface area contributed by atoms with Gasteiger partial charge < -0.3 is 14.8 Å². The van der Waals surface area contributed by atoms with Crippen LogP contribution in [0.25, 0.3) is 0 Å². The fourth-order valence-corrected chi connectivity index (χ4v) is 2.03. The first kappa shape index (κ1) is 13.7. The van der Waals surface area contributed by atoms with Gasteiger partial charge in [0.25, 0.3) is 5.91 Å². The van der Waals surface area contributed by atoms with E-state index in [4.69, 9.17) is 9.47 Å². The van der Waals surface area contributed by atoms with Gasteiger partial charge >= 0.3 is 0 Å². The summed E-state index contributed by atoms with van der Waals surface area (Å²) in [4.78, 5) is 15.4. The lowest BCUT2D eigenvalue weighted by molar-refractivity contribution is -0.0441. The zero-order chi connectivity index (χ0) is 14.7. The van der Waals surface area contributed by atoms with Gasteiger partial charge in [-0.05, 0) is 24.3 Å². The Bertz CT molecular complexity index is 640. The van der Waals surface area contributed by atoms with E-state index in [1.54, 1.807) is 24.3 Å². The van der Waals surface area contributed by atoms with Gasteiger partial charge in [-0.15, -0.1) is 0 Å². The largest absolute Gasteiger partial charge is 0.346 e. The van der Waals surface area contributed by atoms with Crippen molar-refractivity contribution in [3.8, 4) is 0 Å². The highest BCUT2D eigenvalue weighted by Crippen LogP contribution is 2.24. The van der Waals surface area contributed by atoms with Crippen LogP contribution in [0.1, 0.15) is 22.2 Å². The molecule has 0 radical (unpaired) electrons. The number of benzene rings is 1. The van der Waals surface area contributed by atoms with E-state index in [9.17, 15) is 9.18 Å². The number of nitrogens with one attached hydrogen (secondary N) is 1. The standard InChI is InChI=1S/C15H13FN2O3/c16-13-12(2-1-7-17-13)14(19)18-11-5-3-10(4-6-11)15-20-8-9-21-15/h1-7,15H,8-9H2,(H,18,19). The molecule has 1 aromatic carbocycles. The van der Waals surface area contributed by atoms with Crippen molar-refractivity contribution in [2.45, 2.75) is 6.29 Å². The second kappa shape index (κ2) is 5.99. The Balaban J connectivity index is 1.70. The predicted molar refractivity (Wildman–Crippen MR) is 73.2 cm³/mol. The van der Waals surface area contributed by atoms with Crippen LogP contribution in [0.15, 0.2) is 42.6 Å². The molecule has 0 unspecified atom stereocenters. The van der Waals surface area contributed by atoms with Crippen molar-refractivity contribution < 1.29 is 18.7 Å². The first-order chi connectivity index (χ1) is 10.2. The highest BCUT2D eigenvalue weighted by molar-refractivity contribution is 6.04. The van der Waals surface area contributed by atoms with Crippen LogP contribution in [-0.2, 0) is 9.47 Å². The third-order valence-corrected chi connectivity index (χ3v) is 3.07. The molecule has 1 aromatic heterocycles. The molecule has 6 heteroatoms. The van der Waals surface area contributed by atoms with Crippen LogP contribution in [0.2, 0.25) is 0 Å². The molecule has 0 spiro atoms. The van der Waals surface area contributed by atoms with Crippen molar-refractivity contribution in [3.63, 3.8) is 0 Å². The van der Waals surface area contributed by atoms with E-state index in [1.165, 1.54) is 18.3 Å². The van der Waals surface area contributed by atoms with Crippen LogP contribution >= 0.6 is 0 Å². The number of pyridine rings is 1. The normalized spacial score (nSPS) is 15.1. The molecule has 2 heterocycles. The van der Waals surface area contributed by atoms with Crippen molar-refractivity contribution in [1.29, 1.82) is 0 Å². The zero-order valence-corrected chi connectivity index (χ0v) is 11.1. The molecule has 21 heavy (non-hydrogen) atoms. The maximum Gasteiger partial charge on any atom is 0.260 e. The molecule has 0 atom stereocenters. The van der Waals surface area contributed by atoms with Gasteiger partial charge in [-0.25, -0.2) is 4.98 Å². The van der Waals surface area contributed by atoms with Gasteiger partial charge in [-0.1, -0.05) is 12.1 Å². The molecule has 1 aliphatic rings. The number of carbonyl (C=O) groups is 1. The summed E-state index contributed by atoms with van der Waals surface area (Å²) in [5.74, 6) is -1.33. The van der Waals surface area contributed by atoms with Gasteiger partial charge in [0.05, 0.1) is 18.8 Å². The number of amides is 1. The molecular formula is C15H13FN2O3. The average molecular weight is 288 g/mol. The van der Waals surface area contributed by atoms with E-state index < -0.39 is 11.9 Å². The molecule has 3 rings (SSSR count). The van der Waals surface area contributed by atoms with Gasteiger partial charge in [-0.3, -0.25) is 4.79 Å². The second-order valence-corrected chi connectivity index (χ2v) is 4.49. The minimum Gasteiger partial charge on any atom is -0.346 e. The predicted octanol–water partition coefficient (Wildman–Crippen LogP) is 2.52. The van der Waals surface area contributed by atoms with Crippen LogP contribution in [0.5, 0.6) is 0 Å². The smallest absolute Gasteiger partial charge is 0.260 e. The number of nitrogens with zero attached hydrogens (tertiary/aromatic N) is 1. The van der Waals surface area contributed by atoms with Gasteiger partial charge in [-0.2, -0.15) is 4.39 Å². The van der Waals surface area contributed by atoms with Crippen molar-refractivity contribution in [1.82, 2.24) is 4.98 Å². The summed E-state index contributed by atoms with van der Waals surface area (Å²) in [5.41, 5.74) is 1.34. The number of aromatic nitrogens is 1. The summed E-state index contributed by atoms with van der Waals surface area (Å²) in [5, 5.41) is 2.62. The van der Waals surface area contributed by atoms with Crippen molar-refractivity contribution >= 4 is 11.6 Å². The first-order valence-corrected chi connectivity index (χ1v) is 6.49. The molecule has 0 bridgehead atoms. The van der Waals surface area contributed by atoms with Crippen LogP contribution < -0.4 is 5.32 Å². The summed E-state index contributed by atoms with van der Waals surface area (Å²) < 4.78 is 24.2. The van der Waals surface area contributed by atoms with Crippen LogP contribution in [-0.4, -0.2) is 24.1 Å². The molecule has 1 amide bonds. The van der Waals surface area contributed by atoms with E-state index in [2.05, 4.69) is 10.3 Å². The molecule has 1 aliphatic heterocycles. The molecule has 1 N–H and O–H groups in total. The lowest BCUT2D eigenvalue weighted by Crippen LogP contribution is -2.14. The summed E-state index contributed by atoms with van der Waals surface area (Å²) in [6.45, 7) is 1.15. The Labute approximate surface area is 120 Å². The number of carbonyl (C=O) groups excluding carboxylic acids is 1. The highest BCUT2D eigenvalue weighted by Gasteiger charge is 2.18. The Morgan fingerprint density at radius 3 is 2.57 bits per heavy atom. The van der Waals surface area contributed by atoms with Gasteiger partial charge in [0.2, 0.25) is 5.95 Å². The van der Waals surface area contributed by atoms with Crippen molar-refractivity contribution in [2.75, 3.05) is 18.5 Å². The monoisotopic (exact) mass is 288 g/mol. The molecule has 108 valence electrons. The summed E-state index contributed by atoms with van der Waals surface area (Å²) >= 11 is 0. The molecular weight excluding hydrogens is 275 g/mol. The summed E-state index contributed by atoms with van der Waals surface area (Å²) in [6.07, 6.45) is 0.938. The fourth-order valence-electron chi connectivity index (χ4n) is 2.03. The number of halogens is 1. The van der Waals surface area contributed by atoms with Crippen molar-refractivity contribution in [3.05, 3.63) is 59.7 Å². The lowest BCUT2D eigenvalue weighted by atomic mass is 10.2. The maximum absolute atomic E-state index is 13.4. The quantitative estimate of drug-likeness (QED) is 0.882. The zero-order valence-electron chi connectivity index (χ0n) is 11.1. The third kappa shape index (κ3) is 3.07. The second-order valence-electron chi connectivity index (χ2n) is 4.49. The molecule has 1 saturated heterocycles. The lowest BCUT2D eigenvalue weighted by Gasteiger charge is -2.10. The maximum atomic E-state index is 13.4. The van der Waals surface area contributed by atoms with Gasteiger partial charge in [0, 0.05) is 17.4 Å². The van der Waals surface area contributed by atoms with E-state index in [0.717, 1.165) is 5.56 Å². The minimum absolute atomic E-state index is 0.0935.